The highest BCUT2D eigenvalue weighted by Crippen LogP contribution is 2.13. The Hall–Kier alpha value is -6.63. The third-order valence-electron chi connectivity index (χ3n) is 11.3. The standard InChI is InChI=1S/C47H69N9O14S/c1-6-25(2)38(55-41(63)30(17-19-35(48)59)51-44(66)37(49)26(3)57)45(67)52-32(21-22-71-5)40(62)53-33(23-28-13-9-7-10-14-28)43(65)50-31(18-20-36(60)61)42(64)56-39(27(4)58)46(68)54-34(47(69)70)24-29-15-11-8-12-16-29/h7-16,25-27,30-34,37-39,57-58H,6,17-24,49H2,1-5H3,(H2,48,59)(H,50,65)(H,51,66)(H,52,67)(H,53,62)(H,54,68)(H,55,63)(H,56,64)(H,60,61)(H,69,70)/t25-,26+,27+,30-,31-,32-,33-,34-,37-,38-,39-/m0/s1. The largest absolute Gasteiger partial charge is 0.481 e. The predicted octanol–water partition coefficient (Wildman–Crippen LogP) is -2.03. The number of thioether (sulfide) groups is 1. The fraction of sp³-hybridized carbons (Fsp3) is 0.532. The van der Waals surface area contributed by atoms with Gasteiger partial charge in [-0.3, -0.25) is 43.2 Å². The number of nitrogens with two attached hydrogens (primary N) is 2. The molecule has 2 aromatic rings. The van der Waals surface area contributed by atoms with Crippen molar-refractivity contribution in [1.29, 1.82) is 0 Å². The number of aliphatic carboxylic acids is 2. The molecule has 0 saturated heterocycles. The van der Waals surface area contributed by atoms with Crippen molar-refractivity contribution in [3.63, 3.8) is 0 Å². The number of amides is 8. The van der Waals surface area contributed by atoms with Crippen molar-refractivity contribution in [2.45, 2.75) is 140 Å². The highest BCUT2D eigenvalue weighted by Gasteiger charge is 2.37. The Labute approximate surface area is 416 Å². The Morgan fingerprint density at radius 2 is 0.944 bits per heavy atom. The fourth-order valence-corrected chi connectivity index (χ4v) is 7.35. The number of rotatable bonds is 32. The summed E-state index contributed by atoms with van der Waals surface area (Å²) in [6.45, 7) is 5.80. The van der Waals surface area contributed by atoms with Crippen molar-refractivity contribution in [2.24, 2.45) is 17.4 Å². The monoisotopic (exact) mass is 1020 g/mol. The number of hydrogen-bond acceptors (Lipinski definition) is 14. The zero-order chi connectivity index (χ0) is 53.4. The number of benzene rings is 2. The molecule has 0 saturated carbocycles. The van der Waals surface area contributed by atoms with Crippen molar-refractivity contribution in [3.8, 4) is 0 Å². The van der Waals surface area contributed by atoms with Gasteiger partial charge in [-0.25, -0.2) is 4.79 Å². The van der Waals surface area contributed by atoms with E-state index in [0.29, 0.717) is 23.3 Å². The third-order valence-corrected chi connectivity index (χ3v) is 12.0. The molecule has 0 aliphatic carbocycles. The molecule has 0 bridgehead atoms. The minimum atomic E-state index is -1.78. The normalized spacial score (nSPS) is 15.7. The van der Waals surface area contributed by atoms with Crippen LogP contribution >= 0.6 is 11.8 Å². The first-order chi connectivity index (χ1) is 33.5. The number of aliphatic hydroxyl groups is 2. The van der Waals surface area contributed by atoms with Gasteiger partial charge in [0, 0.05) is 25.7 Å². The van der Waals surface area contributed by atoms with Crippen molar-refractivity contribution in [3.05, 3.63) is 71.8 Å². The van der Waals surface area contributed by atoms with Gasteiger partial charge >= 0.3 is 11.9 Å². The summed E-state index contributed by atoms with van der Waals surface area (Å²) in [6.07, 6.45) is -2.97. The number of aliphatic hydroxyl groups excluding tert-OH is 2. The second-order valence-corrected chi connectivity index (χ2v) is 18.1. The maximum Gasteiger partial charge on any atom is 0.326 e. The zero-order valence-corrected chi connectivity index (χ0v) is 41.2. The van der Waals surface area contributed by atoms with Gasteiger partial charge in [0.2, 0.25) is 47.3 Å². The number of primary amides is 1. The Morgan fingerprint density at radius 1 is 0.535 bits per heavy atom. The maximum absolute atomic E-state index is 14.3. The van der Waals surface area contributed by atoms with E-state index in [9.17, 15) is 68.4 Å². The Kier molecular flexibility index (Phi) is 26.3. The molecule has 0 radical (unpaired) electrons. The molecule has 24 heteroatoms. The maximum atomic E-state index is 14.3. The van der Waals surface area contributed by atoms with E-state index in [1.54, 1.807) is 80.8 Å². The van der Waals surface area contributed by atoms with Crippen LogP contribution in [0.5, 0.6) is 0 Å². The number of carboxylic acid groups (broad SMARTS) is 2. The SMILES string of the molecule is CC[C@H](C)[C@H](NC(=O)[C@H](CCC(N)=O)NC(=O)[C@@H](N)[C@@H](C)O)C(=O)N[C@@H](CCSC)C(=O)N[C@@H](Cc1ccccc1)C(=O)N[C@@H](CCC(=O)O)C(=O)N[C@H](C(=O)N[C@@H](Cc1ccccc1)C(=O)O)[C@@H](C)O. The van der Waals surface area contributed by atoms with Crippen LogP contribution in [0.15, 0.2) is 60.7 Å². The summed E-state index contributed by atoms with van der Waals surface area (Å²) in [6, 6.07) is 4.74. The summed E-state index contributed by atoms with van der Waals surface area (Å²) in [5.41, 5.74) is 12.2. The smallest absolute Gasteiger partial charge is 0.326 e. The van der Waals surface area contributed by atoms with Crippen LogP contribution in [0.4, 0.5) is 0 Å². The van der Waals surface area contributed by atoms with Crippen molar-refractivity contribution in [1.82, 2.24) is 37.2 Å². The van der Waals surface area contributed by atoms with Crippen molar-refractivity contribution >= 4 is 71.0 Å². The van der Waals surface area contributed by atoms with Crippen LogP contribution in [0, 0.1) is 5.92 Å². The van der Waals surface area contributed by atoms with E-state index in [2.05, 4.69) is 37.2 Å². The van der Waals surface area contributed by atoms with Crippen molar-refractivity contribution in [2.75, 3.05) is 12.0 Å². The number of nitrogens with one attached hydrogen (secondary N) is 7. The summed E-state index contributed by atoms with van der Waals surface area (Å²) < 4.78 is 0. The molecule has 15 N–H and O–H groups in total. The summed E-state index contributed by atoms with van der Waals surface area (Å²) >= 11 is 1.33. The molecule has 0 aliphatic rings. The minimum absolute atomic E-state index is 0.00857. The average molecular weight is 1020 g/mol. The molecule has 0 spiro atoms. The first kappa shape index (κ1) is 60.5. The lowest BCUT2D eigenvalue weighted by Crippen LogP contribution is -2.62. The molecule has 11 atom stereocenters. The lowest BCUT2D eigenvalue weighted by Gasteiger charge is -2.30. The van der Waals surface area contributed by atoms with Crippen LogP contribution in [0.2, 0.25) is 0 Å². The van der Waals surface area contributed by atoms with Crippen molar-refractivity contribution < 1.29 is 68.4 Å². The van der Waals surface area contributed by atoms with Gasteiger partial charge in [-0.15, -0.1) is 0 Å². The Morgan fingerprint density at radius 3 is 1.41 bits per heavy atom. The molecule has 8 amide bonds. The zero-order valence-electron chi connectivity index (χ0n) is 40.4. The summed E-state index contributed by atoms with van der Waals surface area (Å²) in [7, 11) is 0. The second-order valence-electron chi connectivity index (χ2n) is 17.1. The van der Waals surface area contributed by atoms with Gasteiger partial charge in [0.05, 0.1) is 12.2 Å². The molecule has 0 unspecified atom stereocenters. The van der Waals surface area contributed by atoms with Crippen LogP contribution in [-0.2, 0) is 60.8 Å². The molecule has 0 aromatic heterocycles. The van der Waals surface area contributed by atoms with Crippen LogP contribution < -0.4 is 48.7 Å². The highest BCUT2D eigenvalue weighted by atomic mass is 32.2. The van der Waals surface area contributed by atoms with Crippen LogP contribution in [-0.4, -0.2) is 152 Å². The first-order valence-corrected chi connectivity index (χ1v) is 24.4. The highest BCUT2D eigenvalue weighted by molar-refractivity contribution is 7.98. The molecule has 71 heavy (non-hydrogen) atoms. The van der Waals surface area contributed by atoms with Gasteiger partial charge in [0.15, 0.2) is 0 Å². The quantitative estimate of drug-likeness (QED) is 0.0376. The van der Waals surface area contributed by atoms with E-state index >= 15 is 0 Å². The molecule has 2 aromatic carbocycles. The molecule has 0 aliphatic heterocycles. The molecular formula is C47H69N9O14S. The van der Waals surface area contributed by atoms with Crippen LogP contribution in [0.25, 0.3) is 0 Å². The molecule has 2 rings (SSSR count). The topological polar surface area (TPSA) is 388 Å². The second kappa shape index (κ2) is 30.9. The molecule has 0 fully saturated rings. The molecule has 23 nitrogen and oxygen atoms in total. The first-order valence-electron chi connectivity index (χ1n) is 23.0. The van der Waals surface area contributed by atoms with Gasteiger partial charge in [0.1, 0.15) is 48.3 Å². The average Bonchev–Trinajstić information content (AvgIpc) is 3.32. The summed E-state index contributed by atoms with van der Waals surface area (Å²) in [5, 5.41) is 57.1. The molecule has 392 valence electrons. The Bertz CT molecular complexity index is 2120. The van der Waals surface area contributed by atoms with E-state index in [4.69, 9.17) is 11.5 Å². The van der Waals surface area contributed by atoms with E-state index in [-0.39, 0.29) is 32.1 Å². The number of carboxylic acids is 2. The van der Waals surface area contributed by atoms with Crippen LogP contribution in [0.3, 0.4) is 0 Å². The molecule has 0 heterocycles. The van der Waals surface area contributed by atoms with E-state index in [1.165, 1.54) is 18.7 Å². The summed E-state index contributed by atoms with van der Waals surface area (Å²) in [4.78, 5) is 132. The van der Waals surface area contributed by atoms with Crippen LogP contribution in [0.1, 0.15) is 77.3 Å². The Balaban J connectivity index is 2.45. The predicted molar refractivity (Wildman–Crippen MR) is 261 cm³/mol. The third kappa shape index (κ3) is 21.5. The number of carbonyl (C=O) groups excluding carboxylic acids is 8. The minimum Gasteiger partial charge on any atom is -0.481 e. The van der Waals surface area contributed by atoms with E-state index in [0.717, 1.165) is 6.92 Å². The lowest BCUT2D eigenvalue weighted by atomic mass is 9.96. The van der Waals surface area contributed by atoms with Gasteiger partial charge in [0.25, 0.3) is 0 Å². The fourth-order valence-electron chi connectivity index (χ4n) is 6.87. The number of carbonyl (C=O) groups is 10. The van der Waals surface area contributed by atoms with E-state index in [1.807, 2.05) is 0 Å². The lowest BCUT2D eigenvalue weighted by molar-refractivity contribution is -0.143. The van der Waals surface area contributed by atoms with E-state index < -0.39 is 138 Å². The van der Waals surface area contributed by atoms with Gasteiger partial charge < -0.3 is 69.1 Å². The van der Waals surface area contributed by atoms with Gasteiger partial charge in [-0.05, 0) is 62.2 Å². The number of hydrogen-bond donors (Lipinski definition) is 13. The molecular weight excluding hydrogens is 947 g/mol. The summed E-state index contributed by atoms with van der Waals surface area (Å²) in [5.74, 6) is -10.5. The van der Waals surface area contributed by atoms with Gasteiger partial charge in [-0.1, -0.05) is 80.9 Å². The van der Waals surface area contributed by atoms with Gasteiger partial charge in [-0.2, -0.15) is 11.8 Å².